The molecule has 1 amide bonds. The first-order chi connectivity index (χ1) is 11.4. The lowest BCUT2D eigenvalue weighted by molar-refractivity contribution is -0.142. The van der Waals surface area contributed by atoms with Gasteiger partial charge < -0.3 is 10.1 Å². The summed E-state index contributed by atoms with van der Waals surface area (Å²) in [7, 11) is 0. The van der Waals surface area contributed by atoms with Crippen molar-refractivity contribution in [3.63, 3.8) is 0 Å². The second-order valence-electron chi connectivity index (χ2n) is 4.52. The van der Waals surface area contributed by atoms with Gasteiger partial charge in [0.15, 0.2) is 12.4 Å². The number of hydrogen-bond acceptors (Lipinski definition) is 4. The molecule has 0 saturated carbocycles. The standard InChI is InChI=1S/C16H11Cl3N2O3/c17-11-4-1-10(2-5-11)3-6-15(23)24-9-14(22)21-16-13(19)7-12(18)8-20-16/h1-8H,9H2,(H,20,21,22). The van der Waals surface area contributed by atoms with Crippen LogP contribution in [0, 0.1) is 0 Å². The van der Waals surface area contributed by atoms with Crippen LogP contribution in [0.15, 0.2) is 42.6 Å². The van der Waals surface area contributed by atoms with E-state index < -0.39 is 18.5 Å². The summed E-state index contributed by atoms with van der Waals surface area (Å²) in [6.07, 6.45) is 4.10. The molecule has 1 heterocycles. The Bertz CT molecular complexity index is 777. The van der Waals surface area contributed by atoms with Crippen molar-refractivity contribution < 1.29 is 14.3 Å². The van der Waals surface area contributed by atoms with Crippen LogP contribution in [0.5, 0.6) is 0 Å². The molecule has 0 atom stereocenters. The van der Waals surface area contributed by atoms with Crippen molar-refractivity contribution in [2.45, 2.75) is 0 Å². The maximum Gasteiger partial charge on any atom is 0.331 e. The molecule has 0 fully saturated rings. The third-order valence-electron chi connectivity index (χ3n) is 2.69. The lowest BCUT2D eigenvalue weighted by Gasteiger charge is -2.06. The molecule has 2 aromatic rings. The Morgan fingerprint density at radius 1 is 1.12 bits per heavy atom. The molecule has 24 heavy (non-hydrogen) atoms. The van der Waals surface area contributed by atoms with Crippen molar-refractivity contribution in [2.24, 2.45) is 0 Å². The van der Waals surface area contributed by atoms with Gasteiger partial charge in [-0.25, -0.2) is 9.78 Å². The van der Waals surface area contributed by atoms with E-state index in [0.717, 1.165) is 5.56 Å². The molecule has 5 nitrogen and oxygen atoms in total. The predicted octanol–water partition coefficient (Wildman–Crippen LogP) is 4.24. The van der Waals surface area contributed by atoms with Crippen molar-refractivity contribution in [1.29, 1.82) is 0 Å². The zero-order chi connectivity index (χ0) is 17.5. The number of carbonyl (C=O) groups excluding carboxylic acids is 2. The van der Waals surface area contributed by atoms with E-state index in [1.165, 1.54) is 18.3 Å². The SMILES string of the molecule is O=C(COC(=O)C=Cc1ccc(Cl)cc1)Nc1ncc(Cl)cc1Cl. The Kier molecular flexibility index (Phi) is 6.61. The number of nitrogens with one attached hydrogen (secondary N) is 1. The number of pyridine rings is 1. The Balaban J connectivity index is 1.82. The van der Waals surface area contributed by atoms with E-state index in [0.29, 0.717) is 10.0 Å². The minimum atomic E-state index is -0.657. The molecule has 0 aliphatic heterocycles. The maximum atomic E-state index is 11.7. The van der Waals surface area contributed by atoms with Crippen LogP contribution < -0.4 is 5.32 Å². The van der Waals surface area contributed by atoms with Crippen LogP contribution in [0.1, 0.15) is 5.56 Å². The largest absolute Gasteiger partial charge is 0.452 e. The minimum absolute atomic E-state index is 0.138. The molecule has 0 aliphatic carbocycles. The molecule has 0 bridgehead atoms. The Morgan fingerprint density at radius 3 is 2.50 bits per heavy atom. The maximum absolute atomic E-state index is 11.7. The first-order valence-electron chi connectivity index (χ1n) is 6.65. The summed E-state index contributed by atoms with van der Waals surface area (Å²) < 4.78 is 4.82. The molecule has 0 saturated heterocycles. The molecule has 8 heteroatoms. The zero-order valence-corrected chi connectivity index (χ0v) is 14.4. The monoisotopic (exact) mass is 384 g/mol. The highest BCUT2D eigenvalue weighted by atomic mass is 35.5. The van der Waals surface area contributed by atoms with Gasteiger partial charge in [0.05, 0.1) is 10.0 Å². The fraction of sp³-hybridized carbons (Fsp3) is 0.0625. The smallest absolute Gasteiger partial charge is 0.331 e. The summed E-state index contributed by atoms with van der Waals surface area (Å²) in [6, 6.07) is 8.32. The summed E-state index contributed by atoms with van der Waals surface area (Å²) in [6.45, 7) is -0.468. The number of anilines is 1. The van der Waals surface area contributed by atoms with Gasteiger partial charge >= 0.3 is 5.97 Å². The first-order valence-corrected chi connectivity index (χ1v) is 7.79. The third-order valence-corrected chi connectivity index (χ3v) is 3.44. The Morgan fingerprint density at radius 2 is 1.83 bits per heavy atom. The van der Waals surface area contributed by atoms with Gasteiger partial charge in [0.2, 0.25) is 0 Å². The molecule has 1 aromatic carbocycles. The number of esters is 1. The number of benzene rings is 1. The predicted molar refractivity (Wildman–Crippen MR) is 94.3 cm³/mol. The van der Waals surface area contributed by atoms with Crippen molar-refractivity contribution in [2.75, 3.05) is 11.9 Å². The van der Waals surface area contributed by atoms with E-state index in [1.807, 2.05) is 0 Å². The third kappa shape index (κ3) is 5.85. The van der Waals surface area contributed by atoms with Crippen molar-refractivity contribution in [3.8, 4) is 0 Å². The van der Waals surface area contributed by atoms with E-state index in [4.69, 9.17) is 39.5 Å². The number of halogens is 3. The number of amides is 1. The Labute approximate surface area is 153 Å². The molecule has 1 N–H and O–H groups in total. The second kappa shape index (κ2) is 8.68. The molecule has 1 aromatic heterocycles. The highest BCUT2D eigenvalue weighted by Crippen LogP contribution is 2.22. The van der Waals surface area contributed by atoms with Gasteiger partial charge in [-0.05, 0) is 29.8 Å². The number of hydrogen-bond donors (Lipinski definition) is 1. The fourth-order valence-electron chi connectivity index (χ4n) is 1.60. The average Bonchev–Trinajstić information content (AvgIpc) is 2.55. The highest BCUT2D eigenvalue weighted by molar-refractivity contribution is 6.36. The molecule has 0 unspecified atom stereocenters. The lowest BCUT2D eigenvalue weighted by atomic mass is 10.2. The van der Waals surface area contributed by atoms with E-state index >= 15 is 0 Å². The van der Waals surface area contributed by atoms with Crippen LogP contribution in [0.4, 0.5) is 5.82 Å². The van der Waals surface area contributed by atoms with Gasteiger partial charge in [0.25, 0.3) is 5.91 Å². The topological polar surface area (TPSA) is 68.3 Å². The average molecular weight is 386 g/mol. The summed E-state index contributed by atoms with van der Waals surface area (Å²) in [5.41, 5.74) is 0.776. The minimum Gasteiger partial charge on any atom is -0.452 e. The van der Waals surface area contributed by atoms with Crippen LogP contribution >= 0.6 is 34.8 Å². The van der Waals surface area contributed by atoms with Crippen molar-refractivity contribution >= 4 is 58.6 Å². The number of rotatable bonds is 5. The summed E-state index contributed by atoms with van der Waals surface area (Å²) in [5, 5.41) is 3.54. The van der Waals surface area contributed by atoms with Gasteiger partial charge in [-0.3, -0.25) is 4.79 Å². The molecular weight excluding hydrogens is 375 g/mol. The van der Waals surface area contributed by atoms with E-state index in [9.17, 15) is 9.59 Å². The molecular formula is C16H11Cl3N2O3. The van der Waals surface area contributed by atoms with Crippen molar-refractivity contribution in [3.05, 3.63) is 63.2 Å². The molecule has 0 aliphatic rings. The zero-order valence-electron chi connectivity index (χ0n) is 12.1. The van der Waals surface area contributed by atoms with Crippen LogP contribution in [0.25, 0.3) is 6.08 Å². The molecule has 124 valence electrons. The normalized spacial score (nSPS) is 10.6. The summed E-state index contributed by atoms with van der Waals surface area (Å²) in [5.74, 6) is -1.09. The molecule has 0 radical (unpaired) electrons. The van der Waals surface area contributed by atoms with Gasteiger partial charge in [0, 0.05) is 17.3 Å². The fourth-order valence-corrected chi connectivity index (χ4v) is 2.15. The van der Waals surface area contributed by atoms with Crippen LogP contribution in [-0.2, 0) is 14.3 Å². The van der Waals surface area contributed by atoms with Gasteiger partial charge in [-0.15, -0.1) is 0 Å². The quantitative estimate of drug-likeness (QED) is 0.617. The van der Waals surface area contributed by atoms with Gasteiger partial charge in [-0.1, -0.05) is 46.9 Å². The van der Waals surface area contributed by atoms with E-state index in [-0.39, 0.29) is 10.8 Å². The van der Waals surface area contributed by atoms with Crippen LogP contribution in [-0.4, -0.2) is 23.5 Å². The number of aromatic nitrogens is 1. The van der Waals surface area contributed by atoms with Crippen LogP contribution in [0.3, 0.4) is 0 Å². The van der Waals surface area contributed by atoms with Crippen molar-refractivity contribution in [1.82, 2.24) is 4.98 Å². The summed E-state index contributed by atoms with van der Waals surface area (Å²) >= 11 is 17.3. The van der Waals surface area contributed by atoms with Crippen LogP contribution in [0.2, 0.25) is 15.1 Å². The molecule has 0 spiro atoms. The first kappa shape index (κ1) is 18.3. The number of nitrogens with zero attached hydrogens (tertiary/aromatic N) is 1. The number of carbonyl (C=O) groups is 2. The highest BCUT2D eigenvalue weighted by Gasteiger charge is 2.09. The summed E-state index contributed by atoms with van der Waals surface area (Å²) in [4.78, 5) is 27.2. The molecule has 2 rings (SSSR count). The lowest BCUT2D eigenvalue weighted by Crippen LogP contribution is -2.20. The number of ether oxygens (including phenoxy) is 1. The van der Waals surface area contributed by atoms with Gasteiger partial charge in [-0.2, -0.15) is 0 Å². The van der Waals surface area contributed by atoms with E-state index in [2.05, 4.69) is 10.3 Å². The second-order valence-corrected chi connectivity index (χ2v) is 5.80. The van der Waals surface area contributed by atoms with E-state index in [1.54, 1.807) is 30.3 Å². The Hall–Kier alpha value is -2.08. The van der Waals surface area contributed by atoms with Gasteiger partial charge in [0.1, 0.15) is 0 Å².